The number of pyridine rings is 1. The Kier molecular flexibility index (Phi) is 1.47. The Morgan fingerprint density at radius 2 is 2.08 bits per heavy atom. The Balaban J connectivity index is 2.79. The molecule has 0 saturated heterocycles. The second kappa shape index (κ2) is 2.48. The summed E-state index contributed by atoms with van der Waals surface area (Å²) in [5.41, 5.74) is 8.52. The van der Waals surface area contributed by atoms with Crippen LogP contribution in [0, 0.1) is 6.92 Å². The van der Waals surface area contributed by atoms with Crippen molar-refractivity contribution in [2.75, 3.05) is 5.73 Å². The third kappa shape index (κ3) is 1.11. The number of hydrogen-bond donors (Lipinski definition) is 1. The number of nitrogens with zero attached hydrogens (tertiary/aromatic N) is 1. The van der Waals surface area contributed by atoms with E-state index in [2.05, 4.69) is 11.1 Å². The van der Waals surface area contributed by atoms with Gasteiger partial charge in [0.15, 0.2) is 0 Å². The minimum Gasteiger partial charge on any atom is -0.399 e. The molecule has 2 nitrogen and oxygen atoms in total. The Morgan fingerprint density at radius 3 is 2.92 bits per heavy atom. The van der Waals surface area contributed by atoms with Crippen molar-refractivity contribution in [3.05, 3.63) is 36.0 Å². The molecule has 2 heteroatoms. The van der Waals surface area contributed by atoms with Crippen molar-refractivity contribution in [1.82, 2.24) is 4.98 Å². The van der Waals surface area contributed by atoms with Gasteiger partial charge in [-0.1, -0.05) is 6.07 Å². The zero-order chi connectivity index (χ0) is 8.55. The molecule has 0 aliphatic heterocycles. The summed E-state index contributed by atoms with van der Waals surface area (Å²) in [4.78, 5) is 4.26. The predicted molar refractivity (Wildman–Crippen MR) is 50.9 cm³/mol. The molecule has 1 aromatic heterocycles. The number of fused-ring (bicyclic) bond motifs is 1. The van der Waals surface area contributed by atoms with Gasteiger partial charge in [0.2, 0.25) is 0 Å². The van der Waals surface area contributed by atoms with Gasteiger partial charge in [-0.2, -0.15) is 0 Å². The summed E-state index contributed by atoms with van der Waals surface area (Å²) >= 11 is 0. The summed E-state index contributed by atoms with van der Waals surface area (Å²) in [5, 5.41) is 1.14. The fourth-order valence-electron chi connectivity index (χ4n) is 1.25. The topological polar surface area (TPSA) is 38.9 Å². The van der Waals surface area contributed by atoms with Crippen molar-refractivity contribution < 1.29 is 0 Å². The molecule has 0 amide bonds. The van der Waals surface area contributed by atoms with Crippen LogP contribution >= 0.6 is 0 Å². The van der Waals surface area contributed by atoms with Gasteiger partial charge in [0, 0.05) is 17.3 Å². The molecule has 60 valence electrons. The second-order valence-corrected chi connectivity index (χ2v) is 2.96. The maximum Gasteiger partial charge on any atom is 0.0722 e. The lowest BCUT2D eigenvalue weighted by atomic mass is 10.1. The van der Waals surface area contributed by atoms with Crippen LogP contribution in [-0.4, -0.2) is 4.98 Å². The van der Waals surface area contributed by atoms with Crippen molar-refractivity contribution in [2.24, 2.45) is 0 Å². The summed E-state index contributed by atoms with van der Waals surface area (Å²) in [6.45, 7) is 2.03. The van der Waals surface area contributed by atoms with Crippen LogP contribution in [0.5, 0.6) is 0 Å². The smallest absolute Gasteiger partial charge is 0.0722 e. The standard InChI is InChI=1S/C10H10N2/c1-7-4-8-2-3-9(11)5-10(8)12-6-7/h2-6H,11H2,1H3. The fraction of sp³-hybridized carbons (Fsp3) is 0.100. The molecule has 0 spiro atoms. The van der Waals surface area contributed by atoms with Gasteiger partial charge in [-0.05, 0) is 30.7 Å². The summed E-state index contributed by atoms with van der Waals surface area (Å²) in [5.74, 6) is 0. The van der Waals surface area contributed by atoms with Gasteiger partial charge in [-0.15, -0.1) is 0 Å². The van der Waals surface area contributed by atoms with Crippen LogP contribution in [0.4, 0.5) is 5.69 Å². The molecule has 2 aromatic rings. The van der Waals surface area contributed by atoms with Crippen LogP contribution in [0.1, 0.15) is 5.56 Å². The fourth-order valence-corrected chi connectivity index (χ4v) is 1.25. The highest BCUT2D eigenvalue weighted by Crippen LogP contribution is 2.15. The largest absolute Gasteiger partial charge is 0.399 e. The van der Waals surface area contributed by atoms with Crippen molar-refractivity contribution >= 4 is 16.6 Å². The maximum atomic E-state index is 5.62. The highest BCUT2D eigenvalue weighted by Gasteiger charge is 1.94. The lowest BCUT2D eigenvalue weighted by Gasteiger charge is -1.98. The Labute approximate surface area is 71.0 Å². The van der Waals surface area contributed by atoms with Gasteiger partial charge in [0.05, 0.1) is 5.52 Å². The minimum absolute atomic E-state index is 0.763. The van der Waals surface area contributed by atoms with Crippen molar-refractivity contribution in [1.29, 1.82) is 0 Å². The second-order valence-electron chi connectivity index (χ2n) is 2.96. The normalized spacial score (nSPS) is 10.4. The first-order valence-corrected chi connectivity index (χ1v) is 3.87. The molecule has 1 aromatic carbocycles. The van der Waals surface area contributed by atoms with Crippen molar-refractivity contribution in [3.8, 4) is 0 Å². The first kappa shape index (κ1) is 7.10. The van der Waals surface area contributed by atoms with E-state index in [0.29, 0.717) is 0 Å². The first-order chi connectivity index (χ1) is 5.75. The van der Waals surface area contributed by atoms with E-state index in [1.807, 2.05) is 31.3 Å². The lowest BCUT2D eigenvalue weighted by Crippen LogP contribution is -1.86. The average Bonchev–Trinajstić information content (AvgIpc) is 2.05. The quantitative estimate of drug-likeness (QED) is 0.596. The minimum atomic E-state index is 0.763. The molecule has 0 radical (unpaired) electrons. The number of aromatic nitrogens is 1. The first-order valence-electron chi connectivity index (χ1n) is 3.87. The number of nitrogens with two attached hydrogens (primary N) is 1. The van der Waals surface area contributed by atoms with Crippen LogP contribution < -0.4 is 5.73 Å². The number of anilines is 1. The van der Waals surface area contributed by atoms with Gasteiger partial charge in [0.25, 0.3) is 0 Å². The van der Waals surface area contributed by atoms with E-state index in [9.17, 15) is 0 Å². The molecule has 0 bridgehead atoms. The van der Waals surface area contributed by atoms with E-state index >= 15 is 0 Å². The predicted octanol–water partition coefficient (Wildman–Crippen LogP) is 2.13. The van der Waals surface area contributed by atoms with Crippen LogP contribution in [0.2, 0.25) is 0 Å². The van der Waals surface area contributed by atoms with Gasteiger partial charge in [-0.3, -0.25) is 4.98 Å². The Morgan fingerprint density at radius 1 is 1.25 bits per heavy atom. The summed E-state index contributed by atoms with van der Waals surface area (Å²) in [7, 11) is 0. The molecule has 0 unspecified atom stereocenters. The number of nitrogen functional groups attached to an aromatic ring is 1. The lowest BCUT2D eigenvalue weighted by molar-refractivity contribution is 1.33. The van der Waals surface area contributed by atoms with Gasteiger partial charge >= 0.3 is 0 Å². The Bertz CT molecular complexity index is 380. The van der Waals surface area contributed by atoms with Gasteiger partial charge in [0.1, 0.15) is 0 Å². The molecule has 1 heterocycles. The molecule has 0 aliphatic carbocycles. The van der Waals surface area contributed by atoms with Crippen LogP contribution in [0.3, 0.4) is 0 Å². The molecule has 0 atom stereocenters. The number of benzene rings is 1. The van der Waals surface area contributed by atoms with E-state index in [1.165, 1.54) is 5.56 Å². The SMILES string of the molecule is Cc1cnc2cc(N)ccc2c1. The van der Waals surface area contributed by atoms with Crippen molar-refractivity contribution in [2.45, 2.75) is 6.92 Å². The zero-order valence-corrected chi connectivity index (χ0v) is 6.91. The van der Waals surface area contributed by atoms with Crippen LogP contribution in [0.25, 0.3) is 10.9 Å². The molecule has 0 fully saturated rings. The van der Waals surface area contributed by atoms with E-state index in [4.69, 9.17) is 5.73 Å². The molecule has 2 rings (SSSR count). The zero-order valence-electron chi connectivity index (χ0n) is 6.91. The van der Waals surface area contributed by atoms with Crippen LogP contribution in [-0.2, 0) is 0 Å². The molecule has 0 saturated carbocycles. The monoisotopic (exact) mass is 158 g/mol. The number of rotatable bonds is 0. The number of aryl methyl sites for hydroxylation is 1. The Hall–Kier alpha value is -1.57. The van der Waals surface area contributed by atoms with E-state index in [1.54, 1.807) is 0 Å². The third-order valence-corrected chi connectivity index (χ3v) is 1.84. The van der Waals surface area contributed by atoms with Crippen molar-refractivity contribution in [3.63, 3.8) is 0 Å². The highest BCUT2D eigenvalue weighted by molar-refractivity contribution is 5.81. The molecular formula is C10H10N2. The van der Waals surface area contributed by atoms with Gasteiger partial charge in [-0.25, -0.2) is 0 Å². The summed E-state index contributed by atoms with van der Waals surface area (Å²) < 4.78 is 0. The van der Waals surface area contributed by atoms with E-state index in [-0.39, 0.29) is 0 Å². The van der Waals surface area contributed by atoms with Gasteiger partial charge < -0.3 is 5.73 Å². The molecular weight excluding hydrogens is 148 g/mol. The maximum absolute atomic E-state index is 5.62. The molecule has 0 aliphatic rings. The molecule has 2 N–H and O–H groups in total. The summed E-state index contributed by atoms with van der Waals surface area (Å²) in [6, 6.07) is 7.87. The summed E-state index contributed by atoms with van der Waals surface area (Å²) in [6.07, 6.45) is 1.85. The average molecular weight is 158 g/mol. The van der Waals surface area contributed by atoms with E-state index in [0.717, 1.165) is 16.6 Å². The van der Waals surface area contributed by atoms with E-state index < -0.39 is 0 Å². The molecule has 12 heavy (non-hydrogen) atoms. The third-order valence-electron chi connectivity index (χ3n) is 1.84. The van der Waals surface area contributed by atoms with Crippen LogP contribution in [0.15, 0.2) is 30.5 Å². The highest BCUT2D eigenvalue weighted by atomic mass is 14.7. The number of hydrogen-bond acceptors (Lipinski definition) is 2.